The van der Waals surface area contributed by atoms with Gasteiger partial charge in [0.05, 0.1) is 7.11 Å². The summed E-state index contributed by atoms with van der Waals surface area (Å²) in [6.07, 6.45) is 0. The number of ether oxygens (including phenoxy) is 1. The van der Waals surface area contributed by atoms with Crippen LogP contribution >= 0.6 is 0 Å². The van der Waals surface area contributed by atoms with E-state index in [0.717, 1.165) is 12.3 Å². The van der Waals surface area contributed by atoms with E-state index in [-0.39, 0.29) is 0 Å². The number of hydrogen-bond acceptors (Lipinski definition) is 2. The molecule has 0 heterocycles. The predicted molar refractivity (Wildman–Crippen MR) is 78.6 cm³/mol. The first kappa shape index (κ1) is 15.0. The number of likely N-dealkylation sites (N-methyl/N-ethyl adjacent to an activating group) is 1. The molecule has 102 valence electrons. The van der Waals surface area contributed by atoms with Crippen LogP contribution in [0.2, 0.25) is 0 Å². The minimum absolute atomic E-state index is 0.488. The average molecular weight is 249 g/mol. The maximum Gasteiger partial charge on any atom is 0.122 e. The van der Waals surface area contributed by atoms with Crippen molar-refractivity contribution in [2.75, 3.05) is 20.7 Å². The number of benzene rings is 1. The molecule has 1 rings (SSSR count). The number of hydrogen-bond donors (Lipinski definition) is 1. The van der Waals surface area contributed by atoms with Crippen LogP contribution < -0.4 is 10.1 Å². The summed E-state index contributed by atoms with van der Waals surface area (Å²) in [5.41, 5.74) is 2.71. The lowest BCUT2D eigenvalue weighted by Crippen LogP contribution is -2.21. The SMILES string of the molecule is CNCC(c1ccc(OC)c(C(C)C)c1)C(C)C. The third-order valence-electron chi connectivity index (χ3n) is 3.53. The first-order valence-electron chi connectivity index (χ1n) is 6.83. The second-order valence-corrected chi connectivity index (χ2v) is 5.56. The van der Waals surface area contributed by atoms with Gasteiger partial charge in [0.25, 0.3) is 0 Å². The first-order valence-corrected chi connectivity index (χ1v) is 6.83. The van der Waals surface area contributed by atoms with Crippen molar-refractivity contribution in [2.45, 2.75) is 39.5 Å². The molecule has 0 amide bonds. The van der Waals surface area contributed by atoms with Gasteiger partial charge in [-0.2, -0.15) is 0 Å². The largest absolute Gasteiger partial charge is 0.496 e. The summed E-state index contributed by atoms with van der Waals surface area (Å²) in [7, 11) is 3.76. The van der Waals surface area contributed by atoms with Crippen LogP contribution in [0.3, 0.4) is 0 Å². The van der Waals surface area contributed by atoms with E-state index >= 15 is 0 Å². The first-order chi connectivity index (χ1) is 8.51. The molecular weight excluding hydrogens is 222 g/mol. The zero-order chi connectivity index (χ0) is 13.7. The van der Waals surface area contributed by atoms with Crippen LogP contribution in [-0.4, -0.2) is 20.7 Å². The van der Waals surface area contributed by atoms with Crippen molar-refractivity contribution in [1.82, 2.24) is 5.32 Å². The van der Waals surface area contributed by atoms with Crippen LogP contribution in [0.15, 0.2) is 18.2 Å². The number of rotatable bonds is 6. The Hall–Kier alpha value is -1.02. The Labute approximate surface area is 112 Å². The van der Waals surface area contributed by atoms with Crippen molar-refractivity contribution in [1.29, 1.82) is 0 Å². The fourth-order valence-corrected chi connectivity index (χ4v) is 2.39. The summed E-state index contributed by atoms with van der Waals surface area (Å²) >= 11 is 0. The van der Waals surface area contributed by atoms with Crippen LogP contribution in [0.4, 0.5) is 0 Å². The van der Waals surface area contributed by atoms with Crippen LogP contribution in [0.5, 0.6) is 5.75 Å². The van der Waals surface area contributed by atoms with E-state index in [9.17, 15) is 0 Å². The molecule has 0 aromatic heterocycles. The van der Waals surface area contributed by atoms with Gasteiger partial charge < -0.3 is 10.1 Å². The monoisotopic (exact) mass is 249 g/mol. The molecule has 0 aliphatic rings. The molecule has 0 saturated heterocycles. The third-order valence-corrected chi connectivity index (χ3v) is 3.53. The fourth-order valence-electron chi connectivity index (χ4n) is 2.39. The number of methoxy groups -OCH3 is 1. The van der Waals surface area contributed by atoms with Gasteiger partial charge in [-0.25, -0.2) is 0 Å². The minimum atomic E-state index is 0.488. The van der Waals surface area contributed by atoms with Crippen molar-refractivity contribution < 1.29 is 4.74 Å². The van der Waals surface area contributed by atoms with E-state index < -0.39 is 0 Å². The normalized spacial score (nSPS) is 13.1. The second kappa shape index (κ2) is 6.79. The smallest absolute Gasteiger partial charge is 0.122 e. The molecule has 0 aliphatic heterocycles. The van der Waals surface area contributed by atoms with Gasteiger partial charge >= 0.3 is 0 Å². The zero-order valence-corrected chi connectivity index (χ0v) is 12.6. The molecule has 0 aliphatic carbocycles. The molecule has 0 radical (unpaired) electrons. The lowest BCUT2D eigenvalue weighted by atomic mass is 9.86. The molecule has 1 aromatic rings. The highest BCUT2D eigenvalue weighted by Gasteiger charge is 2.17. The third kappa shape index (κ3) is 3.49. The maximum absolute atomic E-state index is 5.45. The molecular formula is C16H27NO. The van der Waals surface area contributed by atoms with E-state index in [0.29, 0.717) is 17.8 Å². The van der Waals surface area contributed by atoms with Crippen LogP contribution in [-0.2, 0) is 0 Å². The number of nitrogens with one attached hydrogen (secondary N) is 1. The van der Waals surface area contributed by atoms with Crippen LogP contribution in [0.25, 0.3) is 0 Å². The molecule has 1 atom stereocenters. The summed E-state index contributed by atoms with van der Waals surface area (Å²) in [6.45, 7) is 10.00. The van der Waals surface area contributed by atoms with E-state index in [2.05, 4.69) is 51.2 Å². The Bertz CT molecular complexity index is 371. The Kier molecular flexibility index (Phi) is 5.67. The zero-order valence-electron chi connectivity index (χ0n) is 12.6. The lowest BCUT2D eigenvalue weighted by molar-refractivity contribution is 0.406. The van der Waals surface area contributed by atoms with E-state index in [4.69, 9.17) is 4.74 Å². The van der Waals surface area contributed by atoms with Gasteiger partial charge in [0.1, 0.15) is 5.75 Å². The Balaban J connectivity index is 3.12. The maximum atomic E-state index is 5.45. The Morgan fingerprint density at radius 2 is 1.83 bits per heavy atom. The molecule has 0 fully saturated rings. The van der Waals surface area contributed by atoms with Gasteiger partial charge in [-0.3, -0.25) is 0 Å². The van der Waals surface area contributed by atoms with E-state index in [1.807, 2.05) is 7.05 Å². The lowest BCUT2D eigenvalue weighted by Gasteiger charge is -2.23. The topological polar surface area (TPSA) is 21.3 Å². The Morgan fingerprint density at radius 1 is 1.17 bits per heavy atom. The van der Waals surface area contributed by atoms with Gasteiger partial charge in [-0.15, -0.1) is 0 Å². The van der Waals surface area contributed by atoms with Crippen molar-refractivity contribution >= 4 is 0 Å². The summed E-state index contributed by atoms with van der Waals surface area (Å²) in [6, 6.07) is 6.62. The van der Waals surface area contributed by atoms with Gasteiger partial charge in [0.15, 0.2) is 0 Å². The quantitative estimate of drug-likeness (QED) is 0.828. The second-order valence-electron chi connectivity index (χ2n) is 5.56. The fraction of sp³-hybridized carbons (Fsp3) is 0.625. The van der Waals surface area contributed by atoms with Gasteiger partial charge in [-0.1, -0.05) is 39.8 Å². The van der Waals surface area contributed by atoms with Gasteiger partial charge in [-0.05, 0) is 42.0 Å². The van der Waals surface area contributed by atoms with Crippen LogP contribution in [0, 0.1) is 5.92 Å². The predicted octanol–water partition coefficient (Wildman–Crippen LogP) is 3.78. The highest BCUT2D eigenvalue weighted by molar-refractivity contribution is 5.40. The minimum Gasteiger partial charge on any atom is -0.496 e. The average Bonchev–Trinajstić information content (AvgIpc) is 2.34. The molecule has 18 heavy (non-hydrogen) atoms. The standard InChI is InChI=1S/C16H27NO/c1-11(2)14-9-13(7-8-16(14)18-6)15(10-17-5)12(3)4/h7-9,11-12,15,17H,10H2,1-6H3. The molecule has 0 bridgehead atoms. The molecule has 1 aromatic carbocycles. The van der Waals surface area contributed by atoms with Crippen LogP contribution in [0.1, 0.15) is 50.7 Å². The Morgan fingerprint density at radius 3 is 2.28 bits per heavy atom. The van der Waals surface area contributed by atoms with E-state index in [1.54, 1.807) is 7.11 Å². The van der Waals surface area contributed by atoms with E-state index in [1.165, 1.54) is 11.1 Å². The summed E-state index contributed by atoms with van der Waals surface area (Å²) in [5.74, 6) is 2.67. The van der Waals surface area contributed by atoms with Gasteiger partial charge in [0, 0.05) is 6.54 Å². The highest BCUT2D eigenvalue weighted by Crippen LogP contribution is 2.32. The molecule has 2 nitrogen and oxygen atoms in total. The summed E-state index contributed by atoms with van der Waals surface area (Å²) in [5, 5.41) is 3.29. The molecule has 1 N–H and O–H groups in total. The summed E-state index contributed by atoms with van der Waals surface area (Å²) < 4.78 is 5.45. The van der Waals surface area contributed by atoms with Crippen molar-refractivity contribution in [3.8, 4) is 5.75 Å². The van der Waals surface area contributed by atoms with Gasteiger partial charge in [0.2, 0.25) is 0 Å². The molecule has 0 spiro atoms. The van der Waals surface area contributed by atoms with Crippen molar-refractivity contribution in [3.63, 3.8) is 0 Å². The molecule has 1 unspecified atom stereocenters. The highest BCUT2D eigenvalue weighted by atomic mass is 16.5. The van der Waals surface area contributed by atoms with Crippen molar-refractivity contribution in [2.24, 2.45) is 5.92 Å². The molecule has 2 heteroatoms. The van der Waals surface area contributed by atoms with Crippen molar-refractivity contribution in [3.05, 3.63) is 29.3 Å². The summed E-state index contributed by atoms with van der Waals surface area (Å²) in [4.78, 5) is 0. The molecule has 0 saturated carbocycles.